The largest absolute Gasteiger partial charge is 0.394 e. The highest BCUT2D eigenvalue weighted by molar-refractivity contribution is 5.76. The zero-order chi connectivity index (χ0) is 69.4. The second kappa shape index (κ2) is 65.0. The molecule has 9 N–H and O–H groups in total. The molecule has 12 unspecified atom stereocenters. The van der Waals surface area contributed by atoms with E-state index in [1.54, 1.807) is 6.08 Å². The molecule has 0 aromatic carbocycles. The van der Waals surface area contributed by atoms with E-state index in [0.29, 0.717) is 6.42 Å². The highest BCUT2D eigenvalue weighted by atomic mass is 16.7. The lowest BCUT2D eigenvalue weighted by molar-refractivity contribution is -0.359. The van der Waals surface area contributed by atoms with E-state index in [4.69, 9.17) is 18.9 Å². The summed E-state index contributed by atoms with van der Waals surface area (Å²) in [6, 6.07) is -0.929. The quantitative estimate of drug-likeness (QED) is 0.0204. The lowest BCUT2D eigenvalue weighted by atomic mass is 9.97. The second-order valence-electron chi connectivity index (χ2n) is 27.1. The summed E-state index contributed by atoms with van der Waals surface area (Å²) in [5, 5.41) is 87.7. The minimum Gasteiger partial charge on any atom is -0.394 e. The molecule has 96 heavy (non-hydrogen) atoms. The normalized spacial score (nSPS) is 22.9. The van der Waals surface area contributed by atoms with Crippen LogP contribution in [-0.4, -0.2) is 140 Å². The molecule has 0 aromatic heterocycles. The molecule has 12 atom stereocenters. The van der Waals surface area contributed by atoms with Gasteiger partial charge in [-0.25, -0.2) is 0 Å². The number of hydrogen-bond acceptors (Lipinski definition) is 13. The van der Waals surface area contributed by atoms with E-state index < -0.39 is 86.8 Å². The van der Waals surface area contributed by atoms with Gasteiger partial charge >= 0.3 is 0 Å². The Morgan fingerprint density at radius 1 is 0.385 bits per heavy atom. The molecule has 14 nitrogen and oxygen atoms in total. The molecule has 2 fully saturated rings. The van der Waals surface area contributed by atoms with E-state index >= 15 is 0 Å². The summed E-state index contributed by atoms with van der Waals surface area (Å²) in [6.07, 6.45) is 77.2. The van der Waals surface area contributed by atoms with Crippen LogP contribution in [0.15, 0.2) is 109 Å². The van der Waals surface area contributed by atoms with Crippen LogP contribution >= 0.6 is 0 Å². The van der Waals surface area contributed by atoms with Gasteiger partial charge in [-0.2, -0.15) is 0 Å². The number of amides is 1. The molecule has 0 aliphatic carbocycles. The van der Waals surface area contributed by atoms with Gasteiger partial charge < -0.3 is 65.1 Å². The maximum Gasteiger partial charge on any atom is 0.220 e. The van der Waals surface area contributed by atoms with Gasteiger partial charge in [0, 0.05) is 6.42 Å². The zero-order valence-electron chi connectivity index (χ0n) is 60.6. The van der Waals surface area contributed by atoms with Gasteiger partial charge in [0.05, 0.1) is 32.0 Å². The number of aliphatic hydroxyl groups is 8. The summed E-state index contributed by atoms with van der Waals surface area (Å²) in [5.41, 5.74) is 0. The summed E-state index contributed by atoms with van der Waals surface area (Å²) in [5.74, 6) is -0.249. The summed E-state index contributed by atoms with van der Waals surface area (Å²) in [7, 11) is 0. The minimum atomic E-state index is -1.80. The van der Waals surface area contributed by atoms with Crippen molar-refractivity contribution in [3.63, 3.8) is 0 Å². The first kappa shape index (κ1) is 88.7. The van der Waals surface area contributed by atoms with Crippen molar-refractivity contribution in [2.75, 3.05) is 19.8 Å². The molecular formula is C82H143NO13. The van der Waals surface area contributed by atoms with Gasteiger partial charge in [-0.15, -0.1) is 0 Å². The molecule has 1 amide bonds. The van der Waals surface area contributed by atoms with Crippen LogP contribution in [0.5, 0.6) is 0 Å². The lowest BCUT2D eigenvalue weighted by Crippen LogP contribution is -2.65. The highest BCUT2D eigenvalue weighted by Crippen LogP contribution is 2.30. The van der Waals surface area contributed by atoms with Gasteiger partial charge in [-0.05, 0) is 83.5 Å². The Bertz CT molecular complexity index is 2030. The van der Waals surface area contributed by atoms with Crippen molar-refractivity contribution in [1.82, 2.24) is 5.32 Å². The SMILES string of the molecule is CC/C=C\C/C=C\C/C=C\C/C=C\C/C=C\C/C=C\C/C=C\C/C=C\CCCCCCCCCCC(=O)NC(COC1OC(CO)C(OC2OC(CO)C(O)C(O)C2O)C(O)C1O)C(O)/C=C/CCCCCCCCCCCCCCCCCCCCCCCCCCCCC. The Morgan fingerprint density at radius 3 is 1.10 bits per heavy atom. The van der Waals surface area contributed by atoms with Crippen molar-refractivity contribution >= 4 is 5.91 Å². The van der Waals surface area contributed by atoms with Gasteiger partial charge in [0.2, 0.25) is 5.91 Å². The number of nitrogens with one attached hydrogen (secondary N) is 1. The van der Waals surface area contributed by atoms with Gasteiger partial charge in [0.25, 0.3) is 0 Å². The van der Waals surface area contributed by atoms with Crippen molar-refractivity contribution in [2.45, 2.75) is 383 Å². The van der Waals surface area contributed by atoms with Gasteiger partial charge in [0.1, 0.15) is 48.8 Å². The van der Waals surface area contributed by atoms with E-state index in [2.05, 4.69) is 116 Å². The van der Waals surface area contributed by atoms with Crippen LogP contribution in [0.2, 0.25) is 0 Å². The number of carbonyl (C=O) groups excluding carboxylic acids is 1. The smallest absolute Gasteiger partial charge is 0.220 e. The summed E-state index contributed by atoms with van der Waals surface area (Å²) in [6.45, 7) is 2.71. The Kier molecular flexibility index (Phi) is 60.1. The van der Waals surface area contributed by atoms with Crippen LogP contribution in [-0.2, 0) is 23.7 Å². The Labute approximate surface area is 585 Å². The monoisotopic (exact) mass is 1350 g/mol. The predicted molar refractivity (Wildman–Crippen MR) is 396 cm³/mol. The Balaban J connectivity index is 1.66. The average Bonchev–Trinajstić information content (AvgIpc) is 0.812. The molecule has 0 spiro atoms. The predicted octanol–water partition coefficient (Wildman–Crippen LogP) is 17.5. The van der Waals surface area contributed by atoms with Gasteiger partial charge in [0.15, 0.2) is 12.6 Å². The number of hydrogen-bond donors (Lipinski definition) is 9. The second-order valence-corrected chi connectivity index (χ2v) is 27.1. The molecule has 0 aromatic rings. The molecule has 2 saturated heterocycles. The van der Waals surface area contributed by atoms with Crippen LogP contribution in [0.3, 0.4) is 0 Å². The van der Waals surface area contributed by atoms with E-state index in [1.807, 2.05) is 6.08 Å². The fourth-order valence-corrected chi connectivity index (χ4v) is 12.3. The third-order valence-electron chi connectivity index (χ3n) is 18.5. The van der Waals surface area contributed by atoms with Gasteiger partial charge in [-0.1, -0.05) is 329 Å². The van der Waals surface area contributed by atoms with Gasteiger partial charge in [-0.3, -0.25) is 4.79 Å². The molecule has 0 radical (unpaired) electrons. The number of carbonyl (C=O) groups is 1. The van der Waals surface area contributed by atoms with Crippen LogP contribution in [0.4, 0.5) is 0 Å². The summed E-state index contributed by atoms with van der Waals surface area (Å²) in [4.78, 5) is 13.4. The fraction of sp³-hybridized carbons (Fsp3) is 0.768. The van der Waals surface area contributed by atoms with Crippen LogP contribution in [0.1, 0.15) is 309 Å². The minimum absolute atomic E-state index is 0.249. The van der Waals surface area contributed by atoms with E-state index in [9.17, 15) is 45.6 Å². The summed E-state index contributed by atoms with van der Waals surface area (Å²) < 4.78 is 22.9. The first-order valence-corrected chi connectivity index (χ1v) is 39.1. The van der Waals surface area contributed by atoms with Crippen molar-refractivity contribution in [2.24, 2.45) is 0 Å². The van der Waals surface area contributed by atoms with Crippen molar-refractivity contribution in [1.29, 1.82) is 0 Å². The average molecular weight is 1350 g/mol. The first-order chi connectivity index (χ1) is 47.1. The number of ether oxygens (including phenoxy) is 4. The van der Waals surface area contributed by atoms with E-state index in [1.165, 1.54) is 180 Å². The maximum absolute atomic E-state index is 13.4. The number of allylic oxidation sites excluding steroid dienone is 17. The van der Waals surface area contributed by atoms with Crippen molar-refractivity contribution < 1.29 is 64.6 Å². The third-order valence-corrected chi connectivity index (χ3v) is 18.5. The van der Waals surface area contributed by atoms with Crippen LogP contribution in [0, 0.1) is 0 Å². The standard InChI is InChI=1S/C82H143NO13/c1-3-5-7-9-11-13-15-17-19-21-23-25-27-29-31-33-34-35-36-38-40-42-44-46-48-50-52-54-56-58-60-62-64-66-74(87)83-70(69-93-81-79(92)77(90)80(73(68-85)95-81)96-82-78(91)76(89)75(88)72(67-84)94-82)71(86)65-63-61-59-57-55-53-51-49-47-45-43-41-39-37-32-30-28-26-24-22-20-18-16-14-12-10-8-6-4-2/h5,7,11,13,17,19,23,25,29,31,34-35,38,40,44,46,63,65,70-73,75-82,84-86,88-92H,3-4,6,8-10,12,14-16,18,20-22,24,26-28,30,32-33,36-37,39,41-43,45,47-62,64,66-69H2,1-2H3,(H,83,87)/b7-5-,13-11-,19-17-,25-23-,31-29-,35-34-,40-38-,46-44-,65-63+. The van der Waals surface area contributed by atoms with Crippen molar-refractivity contribution in [3.8, 4) is 0 Å². The molecule has 14 heteroatoms. The third kappa shape index (κ3) is 47.7. The molecule has 2 aliphatic rings. The van der Waals surface area contributed by atoms with Crippen molar-refractivity contribution in [3.05, 3.63) is 109 Å². The van der Waals surface area contributed by atoms with E-state index in [0.717, 1.165) is 103 Å². The maximum atomic E-state index is 13.4. The first-order valence-electron chi connectivity index (χ1n) is 39.1. The molecular weight excluding hydrogens is 1210 g/mol. The molecule has 2 heterocycles. The zero-order valence-corrected chi connectivity index (χ0v) is 60.6. The van der Waals surface area contributed by atoms with Crippen LogP contribution in [0.25, 0.3) is 0 Å². The Morgan fingerprint density at radius 2 is 0.719 bits per heavy atom. The topological polar surface area (TPSA) is 228 Å². The number of aliphatic hydroxyl groups excluding tert-OH is 8. The van der Waals surface area contributed by atoms with Crippen LogP contribution < -0.4 is 5.32 Å². The molecule has 2 rings (SSSR count). The molecule has 554 valence electrons. The lowest BCUT2D eigenvalue weighted by Gasteiger charge is -2.46. The molecule has 0 saturated carbocycles. The number of unbranched alkanes of at least 4 members (excludes halogenated alkanes) is 35. The summed E-state index contributed by atoms with van der Waals surface area (Å²) >= 11 is 0. The van der Waals surface area contributed by atoms with E-state index in [-0.39, 0.29) is 18.9 Å². The molecule has 0 bridgehead atoms. The number of rotatable bonds is 64. The highest BCUT2D eigenvalue weighted by Gasteiger charge is 2.51. The fourth-order valence-electron chi connectivity index (χ4n) is 12.3. The Hall–Kier alpha value is -3.35. The molecule has 2 aliphatic heterocycles.